The van der Waals surface area contributed by atoms with Crippen LogP contribution in [0.4, 0.5) is 10.1 Å². The molecule has 1 fully saturated rings. The lowest BCUT2D eigenvalue weighted by Gasteiger charge is -2.24. The zero-order valence-corrected chi connectivity index (χ0v) is 20.1. The van der Waals surface area contributed by atoms with Gasteiger partial charge in [0.15, 0.2) is 11.6 Å². The zero-order valence-electron chi connectivity index (χ0n) is 19.3. The average molecular weight is 511 g/mol. The minimum atomic E-state index is -0.554. The number of hydrogen-bond acceptors (Lipinski definition) is 7. The standard InChI is InChI=1S/C26H19FN8OS/c27-21-20-18(11-30-22(21)15-6-16(8-28-7-15)31-26(36)13-2-1-3-13)34-35-24(20)25-32-19-10-29-9-17(23(19)33-25)14-4-5-37-12-14/h4-13H,1-3H2,(H,31,36)(H,32,33)(H,34,35). The molecule has 6 aromatic rings. The highest BCUT2D eigenvalue weighted by Crippen LogP contribution is 2.35. The normalized spacial score (nSPS) is 13.8. The van der Waals surface area contributed by atoms with Gasteiger partial charge >= 0.3 is 0 Å². The summed E-state index contributed by atoms with van der Waals surface area (Å²) in [6.07, 6.45) is 10.9. The molecule has 6 aromatic heterocycles. The van der Waals surface area contributed by atoms with Crippen LogP contribution < -0.4 is 5.32 Å². The SMILES string of the molecule is O=C(Nc1cncc(-c2ncc3[nH]nc(-c4nc5c(-c6ccsc6)cncc5[nH]4)c3c2F)c1)C1CCC1. The van der Waals surface area contributed by atoms with E-state index in [0.29, 0.717) is 28.3 Å². The second kappa shape index (κ2) is 8.56. The highest BCUT2D eigenvalue weighted by molar-refractivity contribution is 7.08. The molecule has 11 heteroatoms. The van der Waals surface area contributed by atoms with E-state index in [4.69, 9.17) is 4.98 Å². The van der Waals surface area contributed by atoms with Gasteiger partial charge in [0.2, 0.25) is 5.91 Å². The number of carbonyl (C=O) groups excluding carboxylic acids is 1. The number of imidazole rings is 1. The largest absolute Gasteiger partial charge is 0.335 e. The molecule has 9 nitrogen and oxygen atoms in total. The van der Waals surface area contributed by atoms with Gasteiger partial charge in [0.1, 0.15) is 16.9 Å². The quantitative estimate of drug-likeness (QED) is 0.279. The molecule has 37 heavy (non-hydrogen) atoms. The number of aromatic nitrogens is 7. The Labute approximate surface area is 213 Å². The Kier molecular flexibility index (Phi) is 5.03. The van der Waals surface area contributed by atoms with Crippen molar-refractivity contribution in [2.45, 2.75) is 19.3 Å². The van der Waals surface area contributed by atoms with Crippen LogP contribution in [0.1, 0.15) is 19.3 Å². The first-order chi connectivity index (χ1) is 18.2. The number of hydrogen-bond donors (Lipinski definition) is 3. The van der Waals surface area contributed by atoms with Crippen molar-refractivity contribution < 1.29 is 9.18 Å². The molecule has 0 radical (unpaired) electrons. The van der Waals surface area contributed by atoms with Crippen LogP contribution in [-0.4, -0.2) is 41.0 Å². The number of anilines is 1. The number of halogens is 1. The Morgan fingerprint density at radius 2 is 1.95 bits per heavy atom. The summed E-state index contributed by atoms with van der Waals surface area (Å²) in [7, 11) is 0. The number of pyridine rings is 3. The summed E-state index contributed by atoms with van der Waals surface area (Å²) in [5, 5.41) is 14.4. The summed E-state index contributed by atoms with van der Waals surface area (Å²) in [5.41, 5.74) is 5.20. The molecule has 1 saturated carbocycles. The van der Waals surface area contributed by atoms with E-state index < -0.39 is 5.82 Å². The van der Waals surface area contributed by atoms with Crippen LogP contribution in [0.3, 0.4) is 0 Å². The lowest BCUT2D eigenvalue weighted by Crippen LogP contribution is -2.28. The van der Waals surface area contributed by atoms with E-state index in [0.717, 1.165) is 41.4 Å². The van der Waals surface area contributed by atoms with Crippen molar-refractivity contribution in [3.8, 4) is 33.9 Å². The van der Waals surface area contributed by atoms with Gasteiger partial charge in [-0.1, -0.05) is 6.42 Å². The van der Waals surface area contributed by atoms with Crippen LogP contribution in [0.25, 0.3) is 55.8 Å². The second-order valence-electron chi connectivity index (χ2n) is 9.04. The van der Waals surface area contributed by atoms with Gasteiger partial charge in [-0.15, -0.1) is 0 Å². The molecule has 182 valence electrons. The van der Waals surface area contributed by atoms with Crippen LogP contribution in [0.5, 0.6) is 0 Å². The first kappa shape index (κ1) is 21.7. The van der Waals surface area contributed by atoms with Crippen molar-refractivity contribution in [2.75, 3.05) is 5.32 Å². The van der Waals surface area contributed by atoms with Crippen LogP contribution in [0.2, 0.25) is 0 Å². The second-order valence-corrected chi connectivity index (χ2v) is 9.82. The summed E-state index contributed by atoms with van der Waals surface area (Å²) in [5.74, 6) is -0.140. The lowest BCUT2D eigenvalue weighted by molar-refractivity contribution is -0.122. The molecule has 6 heterocycles. The maximum absolute atomic E-state index is 16.0. The van der Waals surface area contributed by atoms with Gasteiger partial charge in [-0.2, -0.15) is 16.4 Å². The third-order valence-electron chi connectivity index (χ3n) is 6.75. The van der Waals surface area contributed by atoms with Gasteiger partial charge < -0.3 is 10.3 Å². The number of amides is 1. The summed E-state index contributed by atoms with van der Waals surface area (Å²) in [6, 6.07) is 3.69. The molecule has 0 aromatic carbocycles. The highest BCUT2D eigenvalue weighted by atomic mass is 32.1. The average Bonchev–Trinajstić information content (AvgIpc) is 3.62. The smallest absolute Gasteiger partial charge is 0.227 e. The zero-order chi connectivity index (χ0) is 24.9. The van der Waals surface area contributed by atoms with Gasteiger partial charge in [-0.05, 0) is 41.3 Å². The Bertz CT molecular complexity index is 1790. The van der Waals surface area contributed by atoms with Crippen LogP contribution in [-0.2, 0) is 4.79 Å². The topological polar surface area (TPSA) is 125 Å². The van der Waals surface area contributed by atoms with Crippen molar-refractivity contribution in [1.29, 1.82) is 0 Å². The van der Waals surface area contributed by atoms with Gasteiger partial charge in [-0.25, -0.2) is 9.37 Å². The van der Waals surface area contributed by atoms with E-state index in [1.165, 1.54) is 12.4 Å². The van der Waals surface area contributed by atoms with Crippen molar-refractivity contribution in [3.63, 3.8) is 0 Å². The molecule has 0 unspecified atom stereocenters. The molecular weight excluding hydrogens is 491 g/mol. The molecule has 0 spiro atoms. The molecule has 1 amide bonds. The van der Waals surface area contributed by atoms with Crippen molar-refractivity contribution in [1.82, 2.24) is 35.1 Å². The van der Waals surface area contributed by atoms with E-state index in [2.05, 4.69) is 35.5 Å². The molecule has 0 saturated heterocycles. The van der Waals surface area contributed by atoms with Crippen molar-refractivity contribution in [2.24, 2.45) is 5.92 Å². The van der Waals surface area contributed by atoms with E-state index in [1.54, 1.807) is 36.0 Å². The van der Waals surface area contributed by atoms with E-state index in [-0.39, 0.29) is 22.9 Å². The third kappa shape index (κ3) is 3.66. The van der Waals surface area contributed by atoms with E-state index >= 15 is 4.39 Å². The third-order valence-corrected chi connectivity index (χ3v) is 7.43. The minimum absolute atomic E-state index is 0.0302. The fourth-order valence-corrected chi connectivity index (χ4v) is 5.23. The number of nitrogens with one attached hydrogen (secondary N) is 3. The fourth-order valence-electron chi connectivity index (χ4n) is 4.57. The first-order valence-corrected chi connectivity index (χ1v) is 12.8. The molecule has 0 bridgehead atoms. The number of rotatable bonds is 5. The summed E-state index contributed by atoms with van der Waals surface area (Å²) < 4.78 is 16.0. The van der Waals surface area contributed by atoms with Gasteiger partial charge in [0.25, 0.3) is 0 Å². The maximum Gasteiger partial charge on any atom is 0.227 e. The molecule has 0 atom stereocenters. The Balaban J connectivity index is 1.30. The number of aromatic amines is 2. The fraction of sp³-hybridized carbons (Fsp3) is 0.154. The number of carbonyl (C=O) groups is 1. The van der Waals surface area contributed by atoms with Crippen molar-refractivity contribution in [3.05, 3.63) is 59.7 Å². The van der Waals surface area contributed by atoms with Crippen LogP contribution >= 0.6 is 11.3 Å². The lowest BCUT2D eigenvalue weighted by atomic mass is 9.85. The number of thiophene rings is 1. The highest BCUT2D eigenvalue weighted by Gasteiger charge is 2.26. The van der Waals surface area contributed by atoms with Crippen molar-refractivity contribution >= 4 is 44.9 Å². The predicted octanol–water partition coefficient (Wildman–Crippen LogP) is 5.56. The molecule has 1 aliphatic carbocycles. The molecule has 0 aliphatic heterocycles. The first-order valence-electron chi connectivity index (χ1n) is 11.8. The molecule has 7 rings (SSSR count). The minimum Gasteiger partial charge on any atom is -0.335 e. The number of nitrogens with zero attached hydrogens (tertiary/aromatic N) is 5. The van der Waals surface area contributed by atoms with Gasteiger partial charge in [0, 0.05) is 29.4 Å². The Hall–Kier alpha value is -4.51. The molecular formula is C26H19FN8OS. The molecule has 3 N–H and O–H groups in total. The van der Waals surface area contributed by atoms with Crippen LogP contribution in [0, 0.1) is 11.7 Å². The number of fused-ring (bicyclic) bond motifs is 2. The summed E-state index contributed by atoms with van der Waals surface area (Å²) in [4.78, 5) is 33.2. The Morgan fingerprint density at radius 1 is 1.05 bits per heavy atom. The van der Waals surface area contributed by atoms with Gasteiger partial charge in [0.05, 0.1) is 40.7 Å². The van der Waals surface area contributed by atoms with E-state index in [9.17, 15) is 4.79 Å². The Morgan fingerprint density at radius 3 is 2.76 bits per heavy atom. The summed E-state index contributed by atoms with van der Waals surface area (Å²) in [6.45, 7) is 0. The summed E-state index contributed by atoms with van der Waals surface area (Å²) >= 11 is 1.59. The number of H-pyrrole nitrogens is 2. The monoisotopic (exact) mass is 510 g/mol. The van der Waals surface area contributed by atoms with Crippen LogP contribution in [0.15, 0.2) is 53.9 Å². The van der Waals surface area contributed by atoms with Gasteiger partial charge in [-0.3, -0.25) is 24.8 Å². The van der Waals surface area contributed by atoms with E-state index in [1.807, 2.05) is 16.8 Å². The maximum atomic E-state index is 16.0. The predicted molar refractivity (Wildman–Crippen MR) is 139 cm³/mol. The molecule has 1 aliphatic rings.